The third kappa shape index (κ3) is 4.55. The highest BCUT2D eigenvalue weighted by atomic mass is 16.3. The molecule has 0 unspecified atom stereocenters. The SMILES string of the molecule is CC1(C)c2cccc(-c3ccc(-c4nc(-c5ccccc5)cc(-c5ccc6oc7ccccc7c6c5)n4)c4ccccc34)c2-c2ccc3ccccc3c21. The van der Waals surface area contributed by atoms with Crippen LogP contribution < -0.4 is 0 Å². The van der Waals surface area contributed by atoms with Crippen LogP contribution in [0.15, 0.2) is 174 Å². The van der Waals surface area contributed by atoms with Gasteiger partial charge in [-0.2, -0.15) is 0 Å². The monoisotopic (exact) mass is 690 g/mol. The first-order chi connectivity index (χ1) is 26.5. The smallest absolute Gasteiger partial charge is 0.161 e. The van der Waals surface area contributed by atoms with Gasteiger partial charge in [0, 0.05) is 32.9 Å². The van der Waals surface area contributed by atoms with Gasteiger partial charge in [-0.1, -0.05) is 147 Å². The van der Waals surface area contributed by atoms with Crippen molar-refractivity contribution in [1.82, 2.24) is 9.97 Å². The predicted molar refractivity (Wildman–Crippen MR) is 224 cm³/mol. The van der Waals surface area contributed by atoms with Gasteiger partial charge >= 0.3 is 0 Å². The second-order valence-corrected chi connectivity index (χ2v) is 14.9. The summed E-state index contributed by atoms with van der Waals surface area (Å²) in [6.45, 7) is 4.74. The summed E-state index contributed by atoms with van der Waals surface area (Å²) >= 11 is 0. The van der Waals surface area contributed by atoms with Crippen LogP contribution in [0, 0.1) is 0 Å². The second kappa shape index (κ2) is 11.6. The van der Waals surface area contributed by atoms with Crippen molar-refractivity contribution < 1.29 is 4.42 Å². The lowest BCUT2D eigenvalue weighted by molar-refractivity contribution is 0.666. The maximum atomic E-state index is 6.17. The number of para-hydroxylation sites is 1. The number of hydrogen-bond donors (Lipinski definition) is 0. The third-order valence-electron chi connectivity index (χ3n) is 11.5. The Balaban J connectivity index is 1.12. The van der Waals surface area contributed by atoms with Crippen molar-refractivity contribution in [3.63, 3.8) is 0 Å². The van der Waals surface area contributed by atoms with Gasteiger partial charge in [0.25, 0.3) is 0 Å². The molecule has 254 valence electrons. The molecule has 0 fully saturated rings. The lowest BCUT2D eigenvalue weighted by Crippen LogP contribution is -2.15. The zero-order chi connectivity index (χ0) is 36.0. The Morgan fingerprint density at radius 1 is 0.426 bits per heavy atom. The van der Waals surface area contributed by atoms with Gasteiger partial charge in [-0.05, 0) is 91.3 Å². The molecular formula is C51H34N2O. The molecule has 0 saturated heterocycles. The molecule has 8 aromatic carbocycles. The van der Waals surface area contributed by atoms with Crippen molar-refractivity contribution >= 4 is 43.5 Å². The minimum atomic E-state index is -0.134. The zero-order valence-corrected chi connectivity index (χ0v) is 30.0. The summed E-state index contributed by atoms with van der Waals surface area (Å²) in [6, 6.07) is 60.5. The molecule has 2 aromatic heterocycles. The Bertz CT molecular complexity index is 3130. The van der Waals surface area contributed by atoms with Crippen LogP contribution in [0.3, 0.4) is 0 Å². The highest BCUT2D eigenvalue weighted by molar-refractivity contribution is 6.09. The van der Waals surface area contributed by atoms with Crippen molar-refractivity contribution in [2.24, 2.45) is 0 Å². The predicted octanol–water partition coefficient (Wildman–Crippen LogP) is 13.7. The molecule has 0 N–H and O–H groups in total. The molecule has 11 rings (SSSR count). The van der Waals surface area contributed by atoms with Crippen LogP contribution in [-0.2, 0) is 5.41 Å². The number of hydrogen-bond acceptors (Lipinski definition) is 3. The molecule has 1 aliphatic rings. The van der Waals surface area contributed by atoms with Gasteiger partial charge in [0.2, 0.25) is 0 Å². The first kappa shape index (κ1) is 30.8. The maximum absolute atomic E-state index is 6.17. The van der Waals surface area contributed by atoms with E-state index in [9.17, 15) is 0 Å². The Kier molecular flexibility index (Phi) is 6.60. The minimum absolute atomic E-state index is 0.134. The molecule has 0 bridgehead atoms. The van der Waals surface area contributed by atoms with Crippen LogP contribution in [0.1, 0.15) is 25.0 Å². The van der Waals surface area contributed by atoms with Gasteiger partial charge in [-0.25, -0.2) is 9.97 Å². The van der Waals surface area contributed by atoms with Gasteiger partial charge in [-0.15, -0.1) is 0 Å². The average molecular weight is 691 g/mol. The normalized spacial score (nSPS) is 13.1. The molecule has 3 heteroatoms. The van der Waals surface area contributed by atoms with E-state index in [-0.39, 0.29) is 5.41 Å². The Hall–Kier alpha value is -6.84. The van der Waals surface area contributed by atoms with Crippen LogP contribution >= 0.6 is 0 Å². The summed E-state index contributed by atoms with van der Waals surface area (Å²) < 4.78 is 6.17. The number of furan rings is 1. The summed E-state index contributed by atoms with van der Waals surface area (Å²) in [5.41, 5.74) is 14.3. The van der Waals surface area contributed by atoms with E-state index in [0.717, 1.165) is 55.4 Å². The fourth-order valence-corrected chi connectivity index (χ4v) is 8.96. The van der Waals surface area contributed by atoms with E-state index in [2.05, 4.69) is 166 Å². The molecular weight excluding hydrogens is 657 g/mol. The number of fused-ring (bicyclic) bond motifs is 9. The molecule has 0 amide bonds. The van der Waals surface area contributed by atoms with Crippen LogP contribution in [0.25, 0.3) is 99.6 Å². The number of rotatable bonds is 4. The van der Waals surface area contributed by atoms with Gasteiger partial charge < -0.3 is 4.42 Å². The molecule has 2 heterocycles. The van der Waals surface area contributed by atoms with Gasteiger partial charge in [0.05, 0.1) is 11.4 Å². The average Bonchev–Trinajstić information content (AvgIpc) is 3.72. The molecule has 0 spiro atoms. The first-order valence-electron chi connectivity index (χ1n) is 18.6. The molecule has 10 aromatic rings. The molecule has 54 heavy (non-hydrogen) atoms. The molecule has 3 nitrogen and oxygen atoms in total. The Morgan fingerprint density at radius 2 is 1.07 bits per heavy atom. The lowest BCUT2D eigenvalue weighted by Gasteiger charge is -2.23. The van der Waals surface area contributed by atoms with E-state index in [1.807, 2.05) is 18.2 Å². The largest absolute Gasteiger partial charge is 0.456 e. The highest BCUT2D eigenvalue weighted by Crippen LogP contribution is 2.55. The molecule has 1 aliphatic carbocycles. The van der Waals surface area contributed by atoms with Gasteiger partial charge in [0.15, 0.2) is 5.82 Å². The van der Waals surface area contributed by atoms with Crippen molar-refractivity contribution in [3.8, 4) is 56.2 Å². The van der Waals surface area contributed by atoms with Crippen LogP contribution in [0.4, 0.5) is 0 Å². The van der Waals surface area contributed by atoms with E-state index in [0.29, 0.717) is 5.82 Å². The summed E-state index contributed by atoms with van der Waals surface area (Å²) in [5, 5.41) is 7.08. The van der Waals surface area contributed by atoms with E-state index < -0.39 is 0 Å². The van der Waals surface area contributed by atoms with Crippen LogP contribution in [0.2, 0.25) is 0 Å². The fourth-order valence-electron chi connectivity index (χ4n) is 8.96. The highest BCUT2D eigenvalue weighted by Gasteiger charge is 2.38. The topological polar surface area (TPSA) is 38.9 Å². The summed E-state index contributed by atoms with van der Waals surface area (Å²) in [6.07, 6.45) is 0. The molecule has 0 saturated carbocycles. The van der Waals surface area contributed by atoms with Crippen molar-refractivity contribution in [2.75, 3.05) is 0 Å². The Labute approximate surface area is 313 Å². The summed E-state index contributed by atoms with van der Waals surface area (Å²) in [7, 11) is 0. The second-order valence-electron chi connectivity index (χ2n) is 14.9. The summed E-state index contributed by atoms with van der Waals surface area (Å²) in [5.74, 6) is 0.697. The van der Waals surface area contributed by atoms with Crippen LogP contribution in [0.5, 0.6) is 0 Å². The van der Waals surface area contributed by atoms with E-state index in [1.54, 1.807) is 0 Å². The van der Waals surface area contributed by atoms with Gasteiger partial charge in [-0.3, -0.25) is 0 Å². The van der Waals surface area contributed by atoms with Gasteiger partial charge in [0.1, 0.15) is 11.2 Å². The Morgan fingerprint density at radius 3 is 1.91 bits per heavy atom. The standard InChI is InChI=1S/C51H34N2O/c1-51(2)43-21-12-20-39(48(43)41-25-23-31-13-6-7-16-34(31)49(41)51)37-26-27-40(36-18-9-8-17-35(36)37)50-52-44(32-14-4-3-5-15-32)30-45(53-50)33-24-28-47-42(29-33)38-19-10-11-22-46(38)54-47/h3-30H,1-2H3. The minimum Gasteiger partial charge on any atom is -0.456 e. The van der Waals surface area contributed by atoms with E-state index in [4.69, 9.17) is 14.4 Å². The van der Waals surface area contributed by atoms with Crippen molar-refractivity contribution in [2.45, 2.75) is 19.3 Å². The fraction of sp³-hybridized carbons (Fsp3) is 0.0588. The molecule has 0 radical (unpaired) electrons. The molecule has 0 atom stereocenters. The quantitative estimate of drug-likeness (QED) is 0.184. The summed E-state index contributed by atoms with van der Waals surface area (Å²) in [4.78, 5) is 10.6. The van der Waals surface area contributed by atoms with Crippen molar-refractivity contribution in [1.29, 1.82) is 0 Å². The van der Waals surface area contributed by atoms with Crippen molar-refractivity contribution in [3.05, 3.63) is 181 Å². The zero-order valence-electron chi connectivity index (χ0n) is 30.0. The van der Waals surface area contributed by atoms with Crippen LogP contribution in [-0.4, -0.2) is 9.97 Å². The number of benzene rings is 8. The number of nitrogens with zero attached hydrogens (tertiary/aromatic N) is 2. The maximum Gasteiger partial charge on any atom is 0.161 e. The first-order valence-corrected chi connectivity index (χ1v) is 18.6. The number of aromatic nitrogens is 2. The van der Waals surface area contributed by atoms with E-state index >= 15 is 0 Å². The van der Waals surface area contributed by atoms with E-state index in [1.165, 1.54) is 49.5 Å². The molecule has 0 aliphatic heterocycles. The third-order valence-corrected chi connectivity index (χ3v) is 11.5. The lowest BCUT2D eigenvalue weighted by atomic mass is 9.80.